The molecule has 9 heteroatoms. The lowest BCUT2D eigenvalue weighted by Crippen LogP contribution is -2.29. The van der Waals surface area contributed by atoms with E-state index in [1.165, 1.54) is 6.20 Å². The van der Waals surface area contributed by atoms with Gasteiger partial charge in [0.1, 0.15) is 11.4 Å². The third-order valence-electron chi connectivity index (χ3n) is 4.04. The highest BCUT2D eigenvalue weighted by Gasteiger charge is 2.14. The van der Waals surface area contributed by atoms with Crippen LogP contribution < -0.4 is 22.1 Å². The van der Waals surface area contributed by atoms with Crippen LogP contribution in [0.4, 0.5) is 17.5 Å². The van der Waals surface area contributed by atoms with Gasteiger partial charge >= 0.3 is 0 Å². The van der Waals surface area contributed by atoms with Gasteiger partial charge in [0.15, 0.2) is 0 Å². The fourth-order valence-electron chi connectivity index (χ4n) is 2.52. The standard InChI is InChI=1S/C18H22N8O/c1-2-12(10-19)24-18-21-11-15(16(20)27)17(25-18)23-13-5-3-6-14(9-13)26-8-4-7-22-26/h3-9,11-12H,2,10,19H2,1H3,(H2,20,27)(H2,21,23,24,25)/t12-/m1/s1. The van der Waals surface area contributed by atoms with Crippen LogP contribution in [0.15, 0.2) is 48.9 Å². The van der Waals surface area contributed by atoms with Crippen molar-refractivity contribution in [1.82, 2.24) is 19.7 Å². The second-order valence-corrected chi connectivity index (χ2v) is 5.93. The van der Waals surface area contributed by atoms with Crippen molar-refractivity contribution in [3.05, 3.63) is 54.5 Å². The Labute approximate surface area is 156 Å². The number of carbonyl (C=O) groups is 1. The molecule has 3 aromatic rings. The molecule has 140 valence electrons. The van der Waals surface area contributed by atoms with Crippen molar-refractivity contribution in [3.8, 4) is 5.69 Å². The van der Waals surface area contributed by atoms with Gasteiger partial charge < -0.3 is 22.1 Å². The molecule has 0 saturated heterocycles. The van der Waals surface area contributed by atoms with Crippen LogP contribution in [0.25, 0.3) is 5.69 Å². The number of carbonyl (C=O) groups excluding carboxylic acids is 1. The van der Waals surface area contributed by atoms with Gasteiger partial charge in [-0.05, 0) is 30.7 Å². The van der Waals surface area contributed by atoms with Crippen LogP contribution in [-0.2, 0) is 0 Å². The molecule has 0 aliphatic carbocycles. The van der Waals surface area contributed by atoms with Crippen LogP contribution in [0.3, 0.4) is 0 Å². The zero-order valence-electron chi connectivity index (χ0n) is 15.0. The maximum absolute atomic E-state index is 11.8. The number of nitrogens with one attached hydrogen (secondary N) is 2. The first kappa shape index (κ1) is 18.3. The molecule has 1 aromatic carbocycles. The first-order valence-electron chi connectivity index (χ1n) is 8.61. The van der Waals surface area contributed by atoms with E-state index in [0.29, 0.717) is 18.3 Å². The van der Waals surface area contributed by atoms with Gasteiger partial charge in [-0.15, -0.1) is 0 Å². The number of anilines is 3. The van der Waals surface area contributed by atoms with Crippen molar-refractivity contribution < 1.29 is 4.79 Å². The van der Waals surface area contributed by atoms with Gasteiger partial charge in [-0.1, -0.05) is 13.0 Å². The Hall–Kier alpha value is -3.46. The number of benzene rings is 1. The molecule has 1 atom stereocenters. The first-order valence-corrected chi connectivity index (χ1v) is 8.61. The quantitative estimate of drug-likeness (QED) is 0.476. The van der Waals surface area contributed by atoms with Crippen molar-refractivity contribution >= 4 is 23.4 Å². The summed E-state index contributed by atoms with van der Waals surface area (Å²) < 4.78 is 1.74. The number of rotatable bonds is 8. The molecule has 1 amide bonds. The van der Waals surface area contributed by atoms with Crippen LogP contribution >= 0.6 is 0 Å². The van der Waals surface area contributed by atoms with E-state index in [4.69, 9.17) is 11.5 Å². The van der Waals surface area contributed by atoms with E-state index in [1.54, 1.807) is 10.9 Å². The maximum atomic E-state index is 11.8. The van der Waals surface area contributed by atoms with Crippen molar-refractivity contribution in [2.45, 2.75) is 19.4 Å². The normalized spacial score (nSPS) is 11.8. The third-order valence-corrected chi connectivity index (χ3v) is 4.04. The van der Waals surface area contributed by atoms with Crippen molar-refractivity contribution in [2.75, 3.05) is 17.2 Å². The topological polar surface area (TPSA) is 137 Å². The van der Waals surface area contributed by atoms with Crippen LogP contribution in [0.2, 0.25) is 0 Å². The van der Waals surface area contributed by atoms with Crippen LogP contribution in [0, 0.1) is 0 Å². The number of nitrogens with two attached hydrogens (primary N) is 2. The highest BCUT2D eigenvalue weighted by Crippen LogP contribution is 2.22. The molecule has 0 unspecified atom stereocenters. The minimum atomic E-state index is -0.613. The summed E-state index contributed by atoms with van der Waals surface area (Å²) in [4.78, 5) is 20.3. The lowest BCUT2D eigenvalue weighted by Gasteiger charge is -2.16. The summed E-state index contributed by atoms with van der Waals surface area (Å²) in [7, 11) is 0. The van der Waals surface area contributed by atoms with E-state index < -0.39 is 5.91 Å². The number of amides is 1. The number of hydrogen-bond donors (Lipinski definition) is 4. The molecule has 2 aromatic heterocycles. The average molecular weight is 366 g/mol. The molecular formula is C18H22N8O. The summed E-state index contributed by atoms with van der Waals surface area (Å²) in [6.07, 6.45) is 5.78. The molecule has 2 heterocycles. The zero-order valence-corrected chi connectivity index (χ0v) is 15.0. The highest BCUT2D eigenvalue weighted by atomic mass is 16.1. The van der Waals surface area contributed by atoms with E-state index in [9.17, 15) is 4.79 Å². The minimum Gasteiger partial charge on any atom is -0.365 e. The Morgan fingerprint density at radius 3 is 2.85 bits per heavy atom. The Morgan fingerprint density at radius 2 is 2.19 bits per heavy atom. The van der Waals surface area contributed by atoms with Crippen LogP contribution in [-0.4, -0.2) is 38.2 Å². The summed E-state index contributed by atoms with van der Waals surface area (Å²) >= 11 is 0. The van der Waals surface area contributed by atoms with Gasteiger partial charge in [0.05, 0.1) is 5.69 Å². The summed E-state index contributed by atoms with van der Waals surface area (Å²) in [6, 6.07) is 9.44. The van der Waals surface area contributed by atoms with Crippen LogP contribution in [0.5, 0.6) is 0 Å². The van der Waals surface area contributed by atoms with Crippen LogP contribution in [0.1, 0.15) is 23.7 Å². The lowest BCUT2D eigenvalue weighted by atomic mass is 10.2. The molecule has 6 N–H and O–H groups in total. The molecule has 0 fully saturated rings. The second-order valence-electron chi connectivity index (χ2n) is 5.93. The molecule has 27 heavy (non-hydrogen) atoms. The summed E-state index contributed by atoms with van der Waals surface area (Å²) in [6.45, 7) is 2.47. The monoisotopic (exact) mass is 366 g/mol. The Kier molecular flexibility index (Phi) is 5.62. The fraction of sp³-hybridized carbons (Fsp3) is 0.222. The van der Waals surface area contributed by atoms with Gasteiger partial charge in [0.2, 0.25) is 5.95 Å². The maximum Gasteiger partial charge on any atom is 0.254 e. The predicted octanol–water partition coefficient (Wildman–Crippen LogP) is 1.65. The molecule has 0 bridgehead atoms. The third kappa shape index (κ3) is 4.39. The van der Waals surface area contributed by atoms with Crippen molar-refractivity contribution in [1.29, 1.82) is 0 Å². The van der Waals surface area contributed by atoms with Crippen molar-refractivity contribution in [3.63, 3.8) is 0 Å². The van der Waals surface area contributed by atoms with Gasteiger partial charge in [-0.3, -0.25) is 4.79 Å². The van der Waals surface area contributed by atoms with E-state index in [0.717, 1.165) is 17.8 Å². The lowest BCUT2D eigenvalue weighted by molar-refractivity contribution is 0.100. The Morgan fingerprint density at radius 1 is 1.33 bits per heavy atom. The molecule has 0 radical (unpaired) electrons. The minimum absolute atomic E-state index is 0.0421. The molecule has 3 rings (SSSR count). The largest absolute Gasteiger partial charge is 0.365 e. The molecule has 9 nitrogen and oxygen atoms in total. The molecule has 0 saturated carbocycles. The molecule has 0 aliphatic heterocycles. The van der Waals surface area contributed by atoms with Gasteiger partial charge in [0.25, 0.3) is 5.91 Å². The summed E-state index contributed by atoms with van der Waals surface area (Å²) in [5.74, 6) is 0.0886. The van der Waals surface area contributed by atoms with Gasteiger partial charge in [-0.2, -0.15) is 10.1 Å². The van der Waals surface area contributed by atoms with E-state index >= 15 is 0 Å². The van der Waals surface area contributed by atoms with E-state index in [1.807, 2.05) is 43.5 Å². The van der Waals surface area contributed by atoms with Crippen molar-refractivity contribution in [2.24, 2.45) is 11.5 Å². The fourth-order valence-corrected chi connectivity index (χ4v) is 2.52. The average Bonchev–Trinajstić information content (AvgIpc) is 3.21. The smallest absolute Gasteiger partial charge is 0.254 e. The molecule has 0 spiro atoms. The van der Waals surface area contributed by atoms with Gasteiger partial charge in [0, 0.05) is 36.9 Å². The zero-order chi connectivity index (χ0) is 19.2. The highest BCUT2D eigenvalue weighted by molar-refractivity contribution is 5.98. The first-order chi connectivity index (χ1) is 13.1. The van der Waals surface area contributed by atoms with E-state index in [2.05, 4.69) is 25.7 Å². The Bertz CT molecular complexity index is 905. The number of hydrogen-bond acceptors (Lipinski definition) is 7. The number of nitrogens with zero attached hydrogens (tertiary/aromatic N) is 4. The number of aromatic nitrogens is 4. The molecule has 0 aliphatic rings. The Balaban J connectivity index is 1.90. The predicted molar refractivity (Wildman–Crippen MR) is 104 cm³/mol. The summed E-state index contributed by atoms with van der Waals surface area (Å²) in [5.41, 5.74) is 13.0. The SMILES string of the molecule is CC[C@H](CN)Nc1ncc(C(N)=O)c(Nc2cccc(-n3cccn3)c2)n1. The summed E-state index contributed by atoms with van der Waals surface area (Å²) in [5, 5.41) is 10.5. The molecular weight excluding hydrogens is 344 g/mol. The van der Waals surface area contributed by atoms with E-state index in [-0.39, 0.29) is 11.6 Å². The second kappa shape index (κ2) is 8.28. The number of primary amides is 1. The van der Waals surface area contributed by atoms with Gasteiger partial charge in [-0.25, -0.2) is 9.67 Å².